The lowest BCUT2D eigenvalue weighted by atomic mass is 10.0. The maximum atomic E-state index is 12.4. The lowest BCUT2D eigenvalue weighted by Crippen LogP contribution is -2.42. The molecule has 1 saturated heterocycles. The van der Waals surface area contributed by atoms with Gasteiger partial charge in [-0.05, 0) is 30.9 Å². The number of amides is 1. The van der Waals surface area contributed by atoms with Crippen LogP contribution in [0.5, 0.6) is 11.5 Å². The van der Waals surface area contributed by atoms with Crippen molar-refractivity contribution in [3.63, 3.8) is 0 Å². The maximum absolute atomic E-state index is 12.4. The van der Waals surface area contributed by atoms with Gasteiger partial charge in [-0.3, -0.25) is 4.79 Å². The van der Waals surface area contributed by atoms with Gasteiger partial charge in [0.1, 0.15) is 11.5 Å². The minimum absolute atomic E-state index is 0.0568. The van der Waals surface area contributed by atoms with Crippen LogP contribution in [-0.4, -0.2) is 58.2 Å². The van der Waals surface area contributed by atoms with E-state index in [1.54, 1.807) is 18.2 Å². The fourth-order valence-corrected chi connectivity index (χ4v) is 4.41. The van der Waals surface area contributed by atoms with Crippen LogP contribution in [0.15, 0.2) is 18.2 Å². The van der Waals surface area contributed by atoms with E-state index in [9.17, 15) is 13.2 Å². The first-order valence-electron chi connectivity index (χ1n) is 8.35. The van der Waals surface area contributed by atoms with Crippen LogP contribution in [0, 0.1) is 5.92 Å². The fraction of sp³-hybridized carbons (Fsp3) is 0.588. The van der Waals surface area contributed by atoms with Crippen molar-refractivity contribution in [1.29, 1.82) is 0 Å². The van der Waals surface area contributed by atoms with E-state index >= 15 is 0 Å². The van der Waals surface area contributed by atoms with Crippen LogP contribution < -0.4 is 14.8 Å². The Morgan fingerprint density at radius 1 is 1.32 bits per heavy atom. The number of hydrogen-bond acceptors (Lipinski definition) is 5. The second-order valence-corrected chi connectivity index (χ2v) is 8.33. The number of carbonyl (C=O) groups is 1. The summed E-state index contributed by atoms with van der Waals surface area (Å²) < 4.78 is 36.6. The summed E-state index contributed by atoms with van der Waals surface area (Å²) >= 11 is 0. The van der Waals surface area contributed by atoms with Crippen LogP contribution in [0.4, 0.5) is 0 Å². The van der Waals surface area contributed by atoms with Gasteiger partial charge in [-0.1, -0.05) is 6.92 Å². The molecule has 1 heterocycles. The molecule has 0 saturated carbocycles. The van der Waals surface area contributed by atoms with E-state index in [4.69, 9.17) is 9.47 Å². The monoisotopic (exact) mass is 370 g/mol. The van der Waals surface area contributed by atoms with E-state index < -0.39 is 10.0 Å². The quantitative estimate of drug-likeness (QED) is 0.786. The minimum atomic E-state index is -3.35. The SMILES string of the molecule is COc1ccc(C(=O)NCCS(=O)(=O)N2CCC[C@@H](C)C2)c(OC)c1. The van der Waals surface area contributed by atoms with Crippen molar-refractivity contribution in [3.8, 4) is 11.5 Å². The molecule has 25 heavy (non-hydrogen) atoms. The smallest absolute Gasteiger partial charge is 0.255 e. The molecule has 0 radical (unpaired) electrons. The van der Waals surface area contributed by atoms with Gasteiger partial charge in [0.2, 0.25) is 10.0 Å². The number of hydrogen-bond donors (Lipinski definition) is 1. The Hall–Kier alpha value is -1.80. The van der Waals surface area contributed by atoms with Gasteiger partial charge in [-0.25, -0.2) is 12.7 Å². The van der Waals surface area contributed by atoms with Crippen LogP contribution in [-0.2, 0) is 10.0 Å². The molecule has 0 aromatic heterocycles. The Labute approximate surface area is 149 Å². The van der Waals surface area contributed by atoms with E-state index in [2.05, 4.69) is 12.2 Å². The van der Waals surface area contributed by atoms with Crippen molar-refractivity contribution in [3.05, 3.63) is 23.8 Å². The Morgan fingerprint density at radius 2 is 2.08 bits per heavy atom. The number of methoxy groups -OCH3 is 2. The number of sulfonamides is 1. The molecule has 1 atom stereocenters. The first-order valence-corrected chi connectivity index (χ1v) is 9.96. The molecular formula is C17H26N2O5S. The van der Waals surface area contributed by atoms with Gasteiger partial charge in [0.25, 0.3) is 5.91 Å². The van der Waals surface area contributed by atoms with Crippen LogP contribution in [0.25, 0.3) is 0 Å². The molecule has 1 aliphatic heterocycles. The molecule has 1 aromatic carbocycles. The fourth-order valence-electron chi connectivity index (χ4n) is 2.90. The third-order valence-corrected chi connectivity index (χ3v) is 6.15. The molecule has 0 bridgehead atoms. The number of carbonyl (C=O) groups excluding carboxylic acids is 1. The van der Waals surface area contributed by atoms with E-state index in [1.807, 2.05) is 0 Å². The molecule has 8 heteroatoms. The third-order valence-electron chi connectivity index (χ3n) is 4.31. The summed E-state index contributed by atoms with van der Waals surface area (Å²) in [6.45, 7) is 3.23. The Bertz CT molecular complexity index is 705. The van der Waals surface area contributed by atoms with E-state index in [0.29, 0.717) is 36.1 Å². The van der Waals surface area contributed by atoms with Gasteiger partial charge < -0.3 is 14.8 Å². The summed E-state index contributed by atoms with van der Waals surface area (Å²) in [6.07, 6.45) is 1.94. The molecule has 140 valence electrons. The Morgan fingerprint density at radius 3 is 2.72 bits per heavy atom. The normalized spacial score (nSPS) is 18.6. The highest BCUT2D eigenvalue weighted by Crippen LogP contribution is 2.24. The predicted octanol–water partition coefficient (Wildman–Crippen LogP) is 1.50. The van der Waals surface area contributed by atoms with Gasteiger partial charge in [0.15, 0.2) is 0 Å². The van der Waals surface area contributed by atoms with Gasteiger partial charge in [0.05, 0.1) is 25.5 Å². The largest absolute Gasteiger partial charge is 0.497 e. The molecule has 1 aliphatic rings. The number of benzene rings is 1. The molecular weight excluding hydrogens is 344 g/mol. The van der Waals surface area contributed by atoms with Crippen molar-refractivity contribution >= 4 is 15.9 Å². The summed E-state index contributed by atoms with van der Waals surface area (Å²) in [4.78, 5) is 12.3. The highest BCUT2D eigenvalue weighted by molar-refractivity contribution is 7.89. The Balaban J connectivity index is 1.94. The summed E-state index contributed by atoms with van der Waals surface area (Å²) in [5, 5.41) is 2.65. The summed E-state index contributed by atoms with van der Waals surface area (Å²) in [5.41, 5.74) is 0.340. The predicted molar refractivity (Wildman–Crippen MR) is 95.6 cm³/mol. The van der Waals surface area contributed by atoms with E-state index in [1.165, 1.54) is 18.5 Å². The molecule has 1 amide bonds. The number of rotatable bonds is 7. The molecule has 7 nitrogen and oxygen atoms in total. The highest BCUT2D eigenvalue weighted by Gasteiger charge is 2.26. The van der Waals surface area contributed by atoms with Crippen LogP contribution in [0.2, 0.25) is 0 Å². The topological polar surface area (TPSA) is 84.9 Å². The molecule has 0 aliphatic carbocycles. The molecule has 1 N–H and O–H groups in total. The summed E-state index contributed by atoms with van der Waals surface area (Å²) in [6, 6.07) is 4.86. The second-order valence-electron chi connectivity index (χ2n) is 6.24. The first kappa shape index (κ1) is 19.5. The highest BCUT2D eigenvalue weighted by atomic mass is 32.2. The van der Waals surface area contributed by atoms with Crippen LogP contribution in [0.1, 0.15) is 30.1 Å². The lowest BCUT2D eigenvalue weighted by molar-refractivity contribution is 0.0953. The number of nitrogens with zero attached hydrogens (tertiary/aromatic N) is 1. The maximum Gasteiger partial charge on any atom is 0.255 e. The molecule has 1 fully saturated rings. The van der Waals surface area contributed by atoms with Crippen molar-refractivity contribution < 1.29 is 22.7 Å². The number of ether oxygens (including phenoxy) is 2. The molecule has 1 aromatic rings. The standard InChI is InChI=1S/C17H26N2O5S/c1-13-5-4-9-19(12-13)25(21,22)10-8-18-17(20)15-7-6-14(23-2)11-16(15)24-3/h6-7,11,13H,4-5,8-10,12H2,1-3H3,(H,18,20)/t13-/m1/s1. The van der Waals surface area contributed by atoms with Crippen molar-refractivity contribution in [2.75, 3.05) is 39.6 Å². The average molecular weight is 370 g/mol. The summed E-state index contributed by atoms with van der Waals surface area (Å²) in [7, 11) is -0.359. The van der Waals surface area contributed by atoms with Crippen molar-refractivity contribution in [1.82, 2.24) is 9.62 Å². The molecule has 0 unspecified atom stereocenters. The van der Waals surface area contributed by atoms with Crippen molar-refractivity contribution in [2.45, 2.75) is 19.8 Å². The zero-order chi connectivity index (χ0) is 18.4. The van der Waals surface area contributed by atoms with Gasteiger partial charge >= 0.3 is 0 Å². The van der Waals surface area contributed by atoms with Crippen molar-refractivity contribution in [2.24, 2.45) is 5.92 Å². The van der Waals surface area contributed by atoms with E-state index in [-0.39, 0.29) is 18.2 Å². The van der Waals surface area contributed by atoms with Gasteiger partial charge in [0, 0.05) is 25.7 Å². The van der Waals surface area contributed by atoms with E-state index in [0.717, 1.165) is 12.8 Å². The van der Waals surface area contributed by atoms with Gasteiger partial charge in [-0.2, -0.15) is 0 Å². The zero-order valence-corrected chi connectivity index (χ0v) is 15.8. The average Bonchev–Trinajstić information content (AvgIpc) is 2.60. The lowest BCUT2D eigenvalue weighted by Gasteiger charge is -2.30. The Kier molecular flexibility index (Phi) is 6.66. The second kappa shape index (κ2) is 8.53. The van der Waals surface area contributed by atoms with Crippen LogP contribution in [0.3, 0.4) is 0 Å². The molecule has 0 spiro atoms. The number of piperidine rings is 1. The van der Waals surface area contributed by atoms with Crippen LogP contribution >= 0.6 is 0 Å². The zero-order valence-electron chi connectivity index (χ0n) is 14.9. The van der Waals surface area contributed by atoms with Gasteiger partial charge in [-0.15, -0.1) is 0 Å². The summed E-state index contributed by atoms with van der Waals surface area (Å²) in [5.74, 6) is 0.854. The molecule has 2 rings (SSSR count). The minimum Gasteiger partial charge on any atom is -0.497 e. The number of nitrogens with one attached hydrogen (secondary N) is 1. The third kappa shape index (κ3) is 5.09. The first-order chi connectivity index (χ1) is 11.9.